The summed E-state index contributed by atoms with van der Waals surface area (Å²) < 4.78 is 25.8. The molecule has 1 aliphatic rings. The number of halogens is 1. The van der Waals surface area contributed by atoms with Crippen LogP contribution in [0.15, 0.2) is 65.7 Å². The number of carbonyl (C=O) groups excluding carboxylic acids is 1. The summed E-state index contributed by atoms with van der Waals surface area (Å²) in [6, 6.07) is 16.1. The summed E-state index contributed by atoms with van der Waals surface area (Å²) in [5.74, 6) is 0.511. The number of nitrogens with zero attached hydrogens (tertiary/aromatic N) is 4. The number of carbonyl (C=O) groups is 1. The maximum atomic E-state index is 12.7. The van der Waals surface area contributed by atoms with Crippen LogP contribution in [0.4, 0.5) is 5.82 Å². The van der Waals surface area contributed by atoms with Gasteiger partial charge in [0.15, 0.2) is 0 Å². The minimum Gasteiger partial charge on any atom is -0.372 e. The lowest BCUT2D eigenvalue weighted by Gasteiger charge is -2.36. The molecule has 9 nitrogen and oxygen atoms in total. The van der Waals surface area contributed by atoms with Gasteiger partial charge in [0.1, 0.15) is 5.82 Å². The van der Waals surface area contributed by atoms with Gasteiger partial charge in [-0.05, 0) is 62.4 Å². The molecule has 1 unspecified atom stereocenters. The number of amides is 1. The van der Waals surface area contributed by atoms with E-state index in [0.29, 0.717) is 5.69 Å². The van der Waals surface area contributed by atoms with E-state index in [1.54, 1.807) is 6.20 Å². The molecule has 0 radical (unpaired) electrons. The molecule has 3 atom stereocenters. The normalized spacial score (nSPS) is 19.0. The van der Waals surface area contributed by atoms with Gasteiger partial charge in [-0.25, -0.2) is 19.0 Å². The quantitative estimate of drug-likeness (QED) is 0.341. The molecule has 0 aliphatic carbocycles. The predicted molar refractivity (Wildman–Crippen MR) is 153 cm³/mol. The smallest absolute Gasteiger partial charge is 0.251 e. The Kier molecular flexibility index (Phi) is 7.53. The van der Waals surface area contributed by atoms with E-state index >= 15 is 0 Å². The van der Waals surface area contributed by atoms with Crippen molar-refractivity contribution in [2.75, 3.05) is 24.2 Å². The van der Waals surface area contributed by atoms with Gasteiger partial charge in [-0.3, -0.25) is 9.78 Å². The standard InChI is InChI=1S/C28H29ClN6O3S/c1-17-15-35(16-18(2)38-17)27-6-4-5-23(34-27)24-10-8-20-13-31-21(12-25(20)33-24)14-32-28(36)19-7-9-22(29)26(11-19)39(3,30)37/h4-13,17-18,30H,14-16H2,1-3H3,(H,32,36)/t17-,18+,39?. The van der Waals surface area contributed by atoms with Gasteiger partial charge in [-0.1, -0.05) is 17.7 Å². The molecule has 1 saturated heterocycles. The van der Waals surface area contributed by atoms with E-state index in [1.807, 2.05) is 36.4 Å². The average Bonchev–Trinajstić information content (AvgIpc) is 2.90. The number of ether oxygens (including phenoxy) is 1. The van der Waals surface area contributed by atoms with Gasteiger partial charge in [-0.2, -0.15) is 0 Å². The lowest BCUT2D eigenvalue weighted by Crippen LogP contribution is -2.45. The minimum atomic E-state index is -3.07. The Labute approximate surface area is 232 Å². The molecule has 39 heavy (non-hydrogen) atoms. The SMILES string of the molecule is C[C@@H]1CN(c2cccc(-c3ccc4cnc(CNC(=O)c5ccc(Cl)c(S(C)(=N)=O)c5)cc4n3)n2)C[C@H](C)O1. The second kappa shape index (κ2) is 10.9. The van der Waals surface area contributed by atoms with Crippen molar-refractivity contribution in [2.45, 2.75) is 37.5 Å². The zero-order valence-electron chi connectivity index (χ0n) is 21.8. The summed E-state index contributed by atoms with van der Waals surface area (Å²) in [7, 11) is -3.07. The van der Waals surface area contributed by atoms with Crippen LogP contribution in [0.2, 0.25) is 5.02 Å². The van der Waals surface area contributed by atoms with E-state index in [-0.39, 0.29) is 40.1 Å². The number of aromatic nitrogens is 3. The van der Waals surface area contributed by atoms with Crippen LogP contribution >= 0.6 is 11.6 Å². The maximum absolute atomic E-state index is 12.7. The first-order valence-electron chi connectivity index (χ1n) is 12.5. The van der Waals surface area contributed by atoms with Crippen LogP contribution in [0.25, 0.3) is 22.3 Å². The van der Waals surface area contributed by atoms with E-state index < -0.39 is 9.73 Å². The molecule has 0 bridgehead atoms. The number of anilines is 1. The van der Waals surface area contributed by atoms with Gasteiger partial charge in [0.2, 0.25) is 0 Å². The molecular formula is C28H29ClN6O3S. The van der Waals surface area contributed by atoms with Crippen molar-refractivity contribution >= 4 is 44.0 Å². The van der Waals surface area contributed by atoms with Crippen molar-refractivity contribution in [2.24, 2.45) is 0 Å². The van der Waals surface area contributed by atoms with Crippen LogP contribution < -0.4 is 10.2 Å². The molecule has 11 heteroatoms. The third-order valence-corrected chi connectivity index (χ3v) is 8.03. The second-order valence-electron chi connectivity index (χ2n) is 9.78. The summed E-state index contributed by atoms with van der Waals surface area (Å²) >= 11 is 6.07. The number of pyridine rings is 3. The number of morpholine rings is 1. The number of fused-ring (bicyclic) bond motifs is 1. The molecular weight excluding hydrogens is 536 g/mol. The molecule has 1 fully saturated rings. The molecule has 1 aliphatic heterocycles. The number of nitrogens with one attached hydrogen (secondary N) is 2. The Bertz CT molecular complexity index is 1650. The fraction of sp³-hybridized carbons (Fsp3) is 0.286. The van der Waals surface area contributed by atoms with Crippen molar-refractivity contribution in [1.29, 1.82) is 4.78 Å². The topological polar surface area (TPSA) is 121 Å². The average molecular weight is 565 g/mol. The van der Waals surface area contributed by atoms with E-state index in [0.717, 1.165) is 41.2 Å². The van der Waals surface area contributed by atoms with E-state index in [1.165, 1.54) is 24.5 Å². The lowest BCUT2D eigenvalue weighted by atomic mass is 10.1. The highest BCUT2D eigenvalue weighted by molar-refractivity contribution is 7.91. The molecule has 4 heterocycles. The van der Waals surface area contributed by atoms with Gasteiger partial charge >= 0.3 is 0 Å². The van der Waals surface area contributed by atoms with Crippen LogP contribution in [0.5, 0.6) is 0 Å². The van der Waals surface area contributed by atoms with E-state index in [9.17, 15) is 9.00 Å². The van der Waals surface area contributed by atoms with Crippen molar-refractivity contribution in [1.82, 2.24) is 20.3 Å². The summed E-state index contributed by atoms with van der Waals surface area (Å²) in [5.41, 5.74) is 3.15. The van der Waals surface area contributed by atoms with E-state index in [4.69, 9.17) is 31.1 Å². The third-order valence-electron chi connectivity index (χ3n) is 6.41. The molecule has 3 aromatic heterocycles. The molecule has 5 rings (SSSR count). The van der Waals surface area contributed by atoms with Crippen molar-refractivity contribution in [3.8, 4) is 11.4 Å². The first-order chi connectivity index (χ1) is 18.6. The van der Waals surface area contributed by atoms with Crippen molar-refractivity contribution < 1.29 is 13.7 Å². The zero-order chi connectivity index (χ0) is 27.7. The molecule has 0 saturated carbocycles. The fourth-order valence-electron chi connectivity index (χ4n) is 4.62. The Hall–Kier alpha value is -3.60. The van der Waals surface area contributed by atoms with Crippen molar-refractivity contribution in [3.05, 3.63) is 77.1 Å². The number of rotatable bonds is 6. The molecule has 0 spiro atoms. The molecule has 1 aromatic carbocycles. The summed E-state index contributed by atoms with van der Waals surface area (Å²) in [4.78, 5) is 29.3. The zero-order valence-corrected chi connectivity index (χ0v) is 23.4. The number of hydrogen-bond donors (Lipinski definition) is 2. The Morgan fingerprint density at radius 2 is 1.85 bits per heavy atom. The minimum absolute atomic E-state index is 0.132. The number of hydrogen-bond acceptors (Lipinski definition) is 8. The molecule has 1 amide bonds. The highest BCUT2D eigenvalue weighted by Crippen LogP contribution is 2.25. The maximum Gasteiger partial charge on any atom is 0.251 e. The van der Waals surface area contributed by atoms with Gasteiger partial charge in [0.25, 0.3) is 5.91 Å². The van der Waals surface area contributed by atoms with Crippen molar-refractivity contribution in [3.63, 3.8) is 0 Å². The van der Waals surface area contributed by atoms with Crippen LogP contribution in [0, 0.1) is 4.78 Å². The summed E-state index contributed by atoms with van der Waals surface area (Å²) in [6.45, 7) is 5.87. The monoisotopic (exact) mass is 564 g/mol. The van der Waals surface area contributed by atoms with Gasteiger partial charge in [0, 0.05) is 36.5 Å². The molecule has 2 N–H and O–H groups in total. The van der Waals surface area contributed by atoms with Crippen LogP contribution in [0.3, 0.4) is 0 Å². The number of benzene rings is 1. The fourth-order valence-corrected chi connectivity index (χ4v) is 5.97. The largest absolute Gasteiger partial charge is 0.372 e. The molecule has 4 aromatic rings. The first kappa shape index (κ1) is 27.0. The van der Waals surface area contributed by atoms with Crippen LogP contribution in [0.1, 0.15) is 29.9 Å². The predicted octanol–water partition coefficient (Wildman–Crippen LogP) is 4.92. The highest BCUT2D eigenvalue weighted by Gasteiger charge is 2.23. The summed E-state index contributed by atoms with van der Waals surface area (Å²) in [6.07, 6.45) is 3.26. The Morgan fingerprint density at radius 1 is 1.10 bits per heavy atom. The molecule has 202 valence electrons. The van der Waals surface area contributed by atoms with Crippen LogP contribution in [-0.2, 0) is 21.0 Å². The van der Waals surface area contributed by atoms with E-state index in [2.05, 4.69) is 29.0 Å². The Morgan fingerprint density at radius 3 is 2.59 bits per heavy atom. The van der Waals surface area contributed by atoms with Gasteiger partial charge < -0.3 is 15.0 Å². The lowest BCUT2D eigenvalue weighted by molar-refractivity contribution is -0.00545. The first-order valence-corrected chi connectivity index (χ1v) is 14.9. The van der Waals surface area contributed by atoms with Gasteiger partial charge in [-0.15, -0.1) is 0 Å². The van der Waals surface area contributed by atoms with Gasteiger partial charge in [0.05, 0.1) is 61.0 Å². The highest BCUT2D eigenvalue weighted by atomic mass is 35.5. The Balaban J connectivity index is 1.34. The third kappa shape index (κ3) is 6.19. The summed E-state index contributed by atoms with van der Waals surface area (Å²) in [5, 5.41) is 3.89. The second-order valence-corrected chi connectivity index (χ2v) is 12.3. The van der Waals surface area contributed by atoms with Crippen LogP contribution in [-0.4, -0.2) is 56.6 Å².